The van der Waals surface area contributed by atoms with E-state index in [1.54, 1.807) is 33.2 Å². The topological polar surface area (TPSA) is 88.2 Å². The Bertz CT molecular complexity index is 1050. The zero-order valence-electron chi connectivity index (χ0n) is 16.2. The van der Waals surface area contributed by atoms with Gasteiger partial charge in [-0.3, -0.25) is 4.79 Å². The van der Waals surface area contributed by atoms with Crippen molar-refractivity contribution in [1.82, 2.24) is 20.6 Å². The Balaban J connectivity index is 1.95. The van der Waals surface area contributed by atoms with E-state index in [0.717, 1.165) is 10.9 Å². The van der Waals surface area contributed by atoms with Gasteiger partial charge in [0.15, 0.2) is 0 Å². The number of carbonyl (C=O) groups is 1. The molecule has 152 valence electrons. The molecule has 1 amide bonds. The monoisotopic (exact) mass is 417 g/mol. The van der Waals surface area contributed by atoms with E-state index in [0.29, 0.717) is 22.8 Å². The number of hydrogen-bond donors (Lipinski definition) is 3. The van der Waals surface area contributed by atoms with Gasteiger partial charge in [0.05, 0.1) is 23.7 Å². The maximum Gasteiger partial charge on any atom is 0.237 e. The Hall–Kier alpha value is -2.97. The van der Waals surface area contributed by atoms with Crippen LogP contribution in [0.4, 0.5) is 15.9 Å². The highest BCUT2D eigenvalue weighted by Crippen LogP contribution is 2.30. The first-order chi connectivity index (χ1) is 13.9. The fraction of sp³-hybridized carbons (Fsp3) is 0.250. The molecule has 9 heteroatoms. The van der Waals surface area contributed by atoms with Gasteiger partial charge in [-0.05, 0) is 38.2 Å². The van der Waals surface area contributed by atoms with E-state index in [2.05, 4.69) is 25.9 Å². The van der Waals surface area contributed by atoms with Gasteiger partial charge in [0, 0.05) is 29.2 Å². The second-order valence-electron chi connectivity index (χ2n) is 6.39. The van der Waals surface area contributed by atoms with Crippen LogP contribution in [0.25, 0.3) is 10.9 Å². The van der Waals surface area contributed by atoms with Crippen LogP contribution in [0, 0.1) is 5.82 Å². The van der Waals surface area contributed by atoms with Crippen LogP contribution >= 0.6 is 11.6 Å². The number of fused-ring (bicyclic) bond motifs is 1. The van der Waals surface area contributed by atoms with Gasteiger partial charge in [0.2, 0.25) is 5.91 Å². The maximum absolute atomic E-state index is 13.4. The number of benzene rings is 2. The molecule has 0 bridgehead atoms. The standard InChI is InChI=1S/C20H21ClFN5O2/c1-11(23-2)20(28)24-9-12-6-14-17(8-18(12)29-3)25-10-26-19(14)27-13-4-5-16(22)15(21)7-13/h4-8,10-11,23H,9H2,1-3H3,(H,24,28)(H,25,26,27)/t11-/m1/s1. The fourth-order valence-electron chi connectivity index (χ4n) is 2.73. The summed E-state index contributed by atoms with van der Waals surface area (Å²) >= 11 is 5.86. The molecule has 1 aromatic heterocycles. The summed E-state index contributed by atoms with van der Waals surface area (Å²) in [5.41, 5.74) is 2.02. The highest BCUT2D eigenvalue weighted by atomic mass is 35.5. The molecule has 29 heavy (non-hydrogen) atoms. The van der Waals surface area contributed by atoms with Gasteiger partial charge in [0.1, 0.15) is 23.7 Å². The van der Waals surface area contributed by atoms with E-state index >= 15 is 0 Å². The lowest BCUT2D eigenvalue weighted by atomic mass is 10.1. The first kappa shape index (κ1) is 20.8. The quantitative estimate of drug-likeness (QED) is 0.546. The van der Waals surface area contributed by atoms with Gasteiger partial charge < -0.3 is 20.7 Å². The molecule has 0 saturated carbocycles. The highest BCUT2D eigenvalue weighted by molar-refractivity contribution is 6.31. The third kappa shape index (κ3) is 4.72. The minimum Gasteiger partial charge on any atom is -0.496 e. The van der Waals surface area contributed by atoms with Crippen molar-refractivity contribution in [1.29, 1.82) is 0 Å². The van der Waals surface area contributed by atoms with Crippen LogP contribution in [0.15, 0.2) is 36.7 Å². The molecule has 0 unspecified atom stereocenters. The smallest absolute Gasteiger partial charge is 0.237 e. The van der Waals surface area contributed by atoms with Crippen LogP contribution in [-0.2, 0) is 11.3 Å². The molecule has 1 atom stereocenters. The SMILES string of the molecule is CN[C@H](C)C(=O)NCc1cc2c(Nc3ccc(F)c(Cl)c3)ncnc2cc1OC. The first-order valence-corrected chi connectivity index (χ1v) is 9.29. The molecule has 0 aliphatic heterocycles. The second kappa shape index (κ2) is 9.02. The van der Waals surface area contributed by atoms with Crippen LogP contribution in [0.3, 0.4) is 0 Å². The Morgan fingerprint density at radius 2 is 2.07 bits per heavy atom. The summed E-state index contributed by atoms with van der Waals surface area (Å²) in [5, 5.41) is 9.63. The zero-order chi connectivity index (χ0) is 21.0. The summed E-state index contributed by atoms with van der Waals surface area (Å²) in [4.78, 5) is 20.7. The number of rotatable bonds is 7. The van der Waals surface area contributed by atoms with Crippen molar-refractivity contribution in [3.05, 3.63) is 53.1 Å². The minimum atomic E-state index is -0.497. The molecular formula is C20H21ClFN5O2. The number of anilines is 2. The van der Waals surface area contributed by atoms with Crippen molar-refractivity contribution in [3.63, 3.8) is 0 Å². The Labute approximate surface area is 172 Å². The van der Waals surface area contributed by atoms with Crippen LogP contribution in [0.2, 0.25) is 5.02 Å². The number of methoxy groups -OCH3 is 1. The lowest BCUT2D eigenvalue weighted by Crippen LogP contribution is -2.40. The number of likely N-dealkylation sites (N-methyl/N-ethyl adjacent to an activating group) is 1. The van der Waals surface area contributed by atoms with Gasteiger partial charge in [-0.1, -0.05) is 11.6 Å². The Morgan fingerprint density at radius 3 is 2.76 bits per heavy atom. The molecule has 1 heterocycles. The largest absolute Gasteiger partial charge is 0.496 e. The molecule has 3 N–H and O–H groups in total. The molecule has 0 aliphatic rings. The first-order valence-electron chi connectivity index (χ1n) is 8.91. The van der Waals surface area contributed by atoms with Gasteiger partial charge in [-0.2, -0.15) is 0 Å². The second-order valence-corrected chi connectivity index (χ2v) is 6.79. The molecule has 0 fully saturated rings. The summed E-state index contributed by atoms with van der Waals surface area (Å²) in [6, 6.07) is 7.65. The molecule has 0 saturated heterocycles. The molecule has 0 spiro atoms. The number of aromatic nitrogens is 2. The van der Waals surface area contributed by atoms with Gasteiger partial charge in [-0.25, -0.2) is 14.4 Å². The van der Waals surface area contributed by atoms with Crippen LogP contribution in [0.1, 0.15) is 12.5 Å². The average molecular weight is 418 g/mol. The third-order valence-electron chi connectivity index (χ3n) is 4.50. The number of halogens is 2. The van der Waals surface area contributed by atoms with Crippen LogP contribution in [-0.4, -0.2) is 36.1 Å². The zero-order valence-corrected chi connectivity index (χ0v) is 17.0. The lowest BCUT2D eigenvalue weighted by molar-refractivity contribution is -0.122. The lowest BCUT2D eigenvalue weighted by Gasteiger charge is -2.15. The number of carbonyl (C=O) groups excluding carboxylic acids is 1. The summed E-state index contributed by atoms with van der Waals surface area (Å²) in [5.74, 6) is 0.502. The molecule has 3 rings (SSSR count). The van der Waals surface area contributed by atoms with Crippen LogP contribution < -0.4 is 20.7 Å². The molecule has 2 aromatic carbocycles. The van der Waals surface area contributed by atoms with Gasteiger partial charge in [-0.15, -0.1) is 0 Å². The minimum absolute atomic E-state index is 0.0112. The average Bonchev–Trinajstić information content (AvgIpc) is 2.73. The summed E-state index contributed by atoms with van der Waals surface area (Å²) in [7, 11) is 3.28. The van der Waals surface area contributed by atoms with E-state index < -0.39 is 5.82 Å². The molecule has 0 aliphatic carbocycles. The van der Waals surface area contributed by atoms with E-state index in [4.69, 9.17) is 16.3 Å². The number of amides is 1. The van der Waals surface area contributed by atoms with E-state index in [-0.39, 0.29) is 23.5 Å². The molecular weight excluding hydrogens is 397 g/mol. The van der Waals surface area contributed by atoms with Crippen molar-refractivity contribution in [3.8, 4) is 5.75 Å². The van der Waals surface area contributed by atoms with Crippen LogP contribution in [0.5, 0.6) is 5.75 Å². The summed E-state index contributed by atoms with van der Waals surface area (Å²) < 4.78 is 18.9. The summed E-state index contributed by atoms with van der Waals surface area (Å²) in [6.45, 7) is 2.05. The van der Waals surface area contributed by atoms with Crippen molar-refractivity contribution in [2.24, 2.45) is 0 Å². The van der Waals surface area contributed by atoms with Gasteiger partial charge >= 0.3 is 0 Å². The molecule has 3 aromatic rings. The molecule has 7 nitrogen and oxygen atoms in total. The fourth-order valence-corrected chi connectivity index (χ4v) is 2.91. The maximum atomic E-state index is 13.4. The predicted molar refractivity (Wildman–Crippen MR) is 111 cm³/mol. The van der Waals surface area contributed by atoms with Crippen molar-refractivity contribution in [2.75, 3.05) is 19.5 Å². The predicted octanol–water partition coefficient (Wildman–Crippen LogP) is 3.40. The Kier molecular flexibility index (Phi) is 6.46. The van der Waals surface area contributed by atoms with Crippen molar-refractivity contribution < 1.29 is 13.9 Å². The Morgan fingerprint density at radius 1 is 1.28 bits per heavy atom. The van der Waals surface area contributed by atoms with E-state index in [1.807, 2.05) is 6.07 Å². The number of nitrogens with one attached hydrogen (secondary N) is 3. The number of ether oxygens (including phenoxy) is 1. The van der Waals surface area contributed by atoms with Crippen molar-refractivity contribution >= 4 is 39.9 Å². The van der Waals surface area contributed by atoms with Crippen molar-refractivity contribution in [2.45, 2.75) is 19.5 Å². The number of nitrogens with zero attached hydrogens (tertiary/aromatic N) is 2. The van der Waals surface area contributed by atoms with Gasteiger partial charge in [0.25, 0.3) is 0 Å². The number of hydrogen-bond acceptors (Lipinski definition) is 6. The third-order valence-corrected chi connectivity index (χ3v) is 4.79. The van der Waals surface area contributed by atoms with E-state index in [9.17, 15) is 9.18 Å². The highest BCUT2D eigenvalue weighted by Gasteiger charge is 2.14. The normalized spacial score (nSPS) is 11.9. The van der Waals surface area contributed by atoms with E-state index in [1.165, 1.54) is 18.5 Å². The summed E-state index contributed by atoms with van der Waals surface area (Å²) in [6.07, 6.45) is 1.42. The molecule has 0 radical (unpaired) electrons.